The number of rotatable bonds is 3. The number of anilines is 1. The van der Waals surface area contributed by atoms with Crippen LogP contribution in [-0.2, 0) is 6.54 Å². The number of aromatic nitrogens is 1. The molecule has 0 atom stereocenters. The van der Waals surface area contributed by atoms with E-state index >= 15 is 0 Å². The molecule has 2 aromatic heterocycles. The van der Waals surface area contributed by atoms with Crippen LogP contribution in [0.15, 0.2) is 30.5 Å². The number of nitrogens with one attached hydrogen (secondary N) is 1. The Kier molecular flexibility index (Phi) is 3.46. The molecule has 15 heavy (non-hydrogen) atoms. The first-order valence-corrected chi connectivity index (χ1v) is 5.91. The van der Waals surface area contributed by atoms with Crippen LogP contribution in [0.1, 0.15) is 4.88 Å². The van der Waals surface area contributed by atoms with E-state index in [0.29, 0.717) is 17.4 Å². The number of hydrogen-bond acceptors (Lipinski definition) is 3. The first kappa shape index (κ1) is 10.7. The van der Waals surface area contributed by atoms with Gasteiger partial charge in [-0.2, -0.15) is 0 Å². The standard InChI is InChI=1S/C10H8Cl2N2S/c11-8-2-1-5-13-10(8)14-6-7-3-4-9(12)15-7/h1-5H,6H2,(H,13,14). The second kappa shape index (κ2) is 4.84. The summed E-state index contributed by atoms with van der Waals surface area (Å²) >= 11 is 13.3. The van der Waals surface area contributed by atoms with Gasteiger partial charge in [0.1, 0.15) is 5.82 Å². The molecule has 2 heterocycles. The fraction of sp³-hybridized carbons (Fsp3) is 0.100. The Bertz CT molecular complexity index is 456. The maximum atomic E-state index is 5.95. The average molecular weight is 259 g/mol. The maximum Gasteiger partial charge on any atom is 0.145 e. The van der Waals surface area contributed by atoms with Crippen LogP contribution < -0.4 is 5.32 Å². The van der Waals surface area contributed by atoms with E-state index in [9.17, 15) is 0 Å². The van der Waals surface area contributed by atoms with Gasteiger partial charge in [-0.1, -0.05) is 23.2 Å². The highest BCUT2D eigenvalue weighted by Crippen LogP contribution is 2.23. The van der Waals surface area contributed by atoms with E-state index in [0.717, 1.165) is 9.21 Å². The van der Waals surface area contributed by atoms with Crippen molar-refractivity contribution in [3.63, 3.8) is 0 Å². The molecule has 0 aliphatic rings. The van der Waals surface area contributed by atoms with Gasteiger partial charge in [0.2, 0.25) is 0 Å². The summed E-state index contributed by atoms with van der Waals surface area (Å²) in [5, 5.41) is 3.78. The molecule has 0 spiro atoms. The summed E-state index contributed by atoms with van der Waals surface area (Å²) in [6.07, 6.45) is 1.70. The predicted octanol–water partition coefficient (Wildman–Crippen LogP) is 4.06. The van der Waals surface area contributed by atoms with Gasteiger partial charge in [0.15, 0.2) is 0 Å². The van der Waals surface area contributed by atoms with Crippen molar-refractivity contribution in [2.45, 2.75) is 6.54 Å². The zero-order valence-electron chi connectivity index (χ0n) is 7.71. The summed E-state index contributed by atoms with van der Waals surface area (Å²) in [5.41, 5.74) is 0. The SMILES string of the molecule is Clc1ccc(CNc2ncccc2Cl)s1. The summed E-state index contributed by atoms with van der Waals surface area (Å²) in [6, 6.07) is 7.47. The molecule has 2 rings (SSSR count). The molecular formula is C10H8Cl2N2S. The van der Waals surface area contributed by atoms with Crippen molar-refractivity contribution in [2.75, 3.05) is 5.32 Å². The van der Waals surface area contributed by atoms with Crippen LogP contribution in [0.2, 0.25) is 9.36 Å². The lowest BCUT2D eigenvalue weighted by atomic mass is 10.4. The average Bonchev–Trinajstić information content (AvgIpc) is 2.63. The zero-order chi connectivity index (χ0) is 10.7. The third-order valence-electron chi connectivity index (χ3n) is 1.82. The third kappa shape index (κ3) is 2.84. The summed E-state index contributed by atoms with van der Waals surface area (Å²) < 4.78 is 0.791. The molecule has 5 heteroatoms. The first-order chi connectivity index (χ1) is 7.25. The van der Waals surface area contributed by atoms with Crippen LogP contribution >= 0.6 is 34.5 Å². The normalized spacial score (nSPS) is 10.3. The number of thiophene rings is 1. The van der Waals surface area contributed by atoms with Gasteiger partial charge in [-0.3, -0.25) is 0 Å². The van der Waals surface area contributed by atoms with Crippen molar-refractivity contribution in [2.24, 2.45) is 0 Å². The maximum absolute atomic E-state index is 5.95. The Morgan fingerprint density at radius 3 is 2.80 bits per heavy atom. The predicted molar refractivity (Wildman–Crippen MR) is 65.9 cm³/mol. The van der Waals surface area contributed by atoms with E-state index in [1.54, 1.807) is 29.7 Å². The summed E-state index contributed by atoms with van der Waals surface area (Å²) in [4.78, 5) is 5.28. The minimum Gasteiger partial charge on any atom is -0.364 e. The molecule has 2 aromatic rings. The highest BCUT2D eigenvalue weighted by atomic mass is 35.5. The van der Waals surface area contributed by atoms with Gasteiger partial charge in [0.25, 0.3) is 0 Å². The molecule has 78 valence electrons. The van der Waals surface area contributed by atoms with Gasteiger partial charge in [-0.25, -0.2) is 4.98 Å². The Balaban J connectivity index is 2.02. The molecule has 0 saturated heterocycles. The van der Waals surface area contributed by atoms with E-state index in [4.69, 9.17) is 23.2 Å². The van der Waals surface area contributed by atoms with Crippen LogP contribution in [0.5, 0.6) is 0 Å². The molecule has 0 fully saturated rings. The van der Waals surface area contributed by atoms with E-state index in [1.165, 1.54) is 0 Å². The minimum atomic E-state index is 0.625. The lowest BCUT2D eigenvalue weighted by molar-refractivity contribution is 1.14. The molecule has 0 radical (unpaired) electrons. The molecule has 0 aromatic carbocycles. The van der Waals surface area contributed by atoms with Gasteiger partial charge < -0.3 is 5.32 Å². The molecular weight excluding hydrogens is 251 g/mol. The highest BCUT2D eigenvalue weighted by molar-refractivity contribution is 7.16. The van der Waals surface area contributed by atoms with Gasteiger partial charge in [0.05, 0.1) is 15.9 Å². The number of nitrogens with zero attached hydrogens (tertiary/aromatic N) is 1. The van der Waals surface area contributed by atoms with E-state index in [1.807, 2.05) is 12.1 Å². The first-order valence-electron chi connectivity index (χ1n) is 4.34. The van der Waals surface area contributed by atoms with Crippen molar-refractivity contribution in [3.8, 4) is 0 Å². The molecule has 0 aliphatic carbocycles. The van der Waals surface area contributed by atoms with E-state index in [2.05, 4.69) is 10.3 Å². The van der Waals surface area contributed by atoms with Crippen LogP contribution in [0, 0.1) is 0 Å². The molecule has 0 saturated carbocycles. The highest BCUT2D eigenvalue weighted by Gasteiger charge is 2.01. The van der Waals surface area contributed by atoms with Crippen molar-refractivity contribution < 1.29 is 0 Å². The number of halogens is 2. The third-order valence-corrected chi connectivity index (χ3v) is 3.35. The molecule has 2 nitrogen and oxygen atoms in total. The second-order valence-electron chi connectivity index (χ2n) is 2.89. The molecule has 0 aliphatic heterocycles. The quantitative estimate of drug-likeness (QED) is 0.898. The van der Waals surface area contributed by atoms with Crippen LogP contribution in [0.25, 0.3) is 0 Å². The fourth-order valence-corrected chi connectivity index (χ4v) is 2.35. The Hall–Kier alpha value is -0.770. The topological polar surface area (TPSA) is 24.9 Å². The fourth-order valence-electron chi connectivity index (χ4n) is 1.13. The van der Waals surface area contributed by atoms with Crippen molar-refractivity contribution in [1.29, 1.82) is 0 Å². The van der Waals surface area contributed by atoms with Crippen LogP contribution in [0.4, 0.5) is 5.82 Å². The van der Waals surface area contributed by atoms with E-state index < -0.39 is 0 Å². The van der Waals surface area contributed by atoms with E-state index in [-0.39, 0.29) is 0 Å². The van der Waals surface area contributed by atoms with Crippen LogP contribution in [-0.4, -0.2) is 4.98 Å². The van der Waals surface area contributed by atoms with Gasteiger partial charge >= 0.3 is 0 Å². The molecule has 1 N–H and O–H groups in total. The smallest absolute Gasteiger partial charge is 0.145 e. The number of hydrogen-bond donors (Lipinski definition) is 1. The van der Waals surface area contributed by atoms with Crippen molar-refractivity contribution in [3.05, 3.63) is 44.7 Å². The Morgan fingerprint density at radius 1 is 1.27 bits per heavy atom. The molecule has 0 amide bonds. The van der Waals surface area contributed by atoms with Crippen LogP contribution in [0.3, 0.4) is 0 Å². The second-order valence-corrected chi connectivity index (χ2v) is 5.10. The van der Waals surface area contributed by atoms with Crippen molar-refractivity contribution >= 4 is 40.4 Å². The Morgan fingerprint density at radius 2 is 2.13 bits per heavy atom. The molecule has 0 bridgehead atoms. The van der Waals surface area contributed by atoms with Gasteiger partial charge in [0, 0.05) is 11.1 Å². The lowest BCUT2D eigenvalue weighted by Gasteiger charge is -2.04. The Labute approximate surface area is 102 Å². The summed E-state index contributed by atoms with van der Waals surface area (Å²) in [5.74, 6) is 0.698. The molecule has 0 unspecified atom stereocenters. The zero-order valence-corrected chi connectivity index (χ0v) is 10.0. The minimum absolute atomic E-state index is 0.625. The van der Waals surface area contributed by atoms with Gasteiger partial charge in [-0.05, 0) is 24.3 Å². The monoisotopic (exact) mass is 258 g/mol. The summed E-state index contributed by atoms with van der Waals surface area (Å²) in [7, 11) is 0. The largest absolute Gasteiger partial charge is 0.364 e. The van der Waals surface area contributed by atoms with Gasteiger partial charge in [-0.15, -0.1) is 11.3 Å². The number of pyridine rings is 1. The summed E-state index contributed by atoms with van der Waals surface area (Å²) in [6.45, 7) is 0.689. The van der Waals surface area contributed by atoms with Crippen molar-refractivity contribution in [1.82, 2.24) is 4.98 Å². The lowest BCUT2D eigenvalue weighted by Crippen LogP contribution is -1.99.